The number of rotatable bonds is 7. The average Bonchev–Trinajstić information content (AvgIpc) is 2.44. The molecule has 0 saturated carbocycles. The molecule has 0 bridgehead atoms. The lowest BCUT2D eigenvalue weighted by Crippen LogP contribution is -2.33. The maximum atomic E-state index is 12.0. The predicted octanol–water partition coefficient (Wildman–Crippen LogP) is 1.70. The predicted molar refractivity (Wildman–Crippen MR) is 82.6 cm³/mol. The molecule has 6 nitrogen and oxygen atoms in total. The molecule has 22 heavy (non-hydrogen) atoms. The largest absolute Gasteiger partial charge is 0.299 e. The second kappa shape index (κ2) is 7.49. The van der Waals surface area contributed by atoms with Crippen LogP contribution in [0.15, 0.2) is 23.2 Å². The van der Waals surface area contributed by atoms with E-state index in [1.807, 2.05) is 18.6 Å². The third-order valence-corrected chi connectivity index (χ3v) is 4.47. The van der Waals surface area contributed by atoms with Gasteiger partial charge in [0.2, 0.25) is 5.91 Å². The molecule has 0 saturated heterocycles. The Morgan fingerprint density at radius 2 is 1.77 bits per heavy atom. The van der Waals surface area contributed by atoms with E-state index in [4.69, 9.17) is 0 Å². The summed E-state index contributed by atoms with van der Waals surface area (Å²) >= 11 is 0. The van der Waals surface area contributed by atoms with Gasteiger partial charge in [0.05, 0.1) is 0 Å². The molecule has 1 aromatic rings. The maximum Gasteiger partial charge on any atom is 0.265 e. The standard InChI is InChI=1S/C15H22N2O4S/c1-10(2)14(18)8-6-12-5-7-13(9-16-12)22(20,21)17-15(19)11(3)4/h5,7,9-11H,6,8H2,1-4H3,(H,17,19). The van der Waals surface area contributed by atoms with Gasteiger partial charge in [0.25, 0.3) is 10.0 Å². The Morgan fingerprint density at radius 1 is 1.14 bits per heavy atom. The van der Waals surface area contributed by atoms with E-state index in [9.17, 15) is 18.0 Å². The van der Waals surface area contributed by atoms with Crippen molar-refractivity contribution in [1.82, 2.24) is 9.71 Å². The summed E-state index contributed by atoms with van der Waals surface area (Å²) in [4.78, 5) is 27.0. The third kappa shape index (κ3) is 5.22. The summed E-state index contributed by atoms with van der Waals surface area (Å²) in [5.41, 5.74) is 0.642. The normalized spacial score (nSPS) is 11.7. The highest BCUT2D eigenvalue weighted by Gasteiger charge is 2.19. The fraction of sp³-hybridized carbons (Fsp3) is 0.533. The molecule has 0 atom stereocenters. The van der Waals surface area contributed by atoms with E-state index in [1.54, 1.807) is 19.9 Å². The van der Waals surface area contributed by atoms with Gasteiger partial charge in [0, 0.05) is 30.1 Å². The fourth-order valence-electron chi connectivity index (χ4n) is 1.57. The van der Waals surface area contributed by atoms with Crippen molar-refractivity contribution in [3.05, 3.63) is 24.0 Å². The highest BCUT2D eigenvalue weighted by Crippen LogP contribution is 2.11. The van der Waals surface area contributed by atoms with Crippen molar-refractivity contribution < 1.29 is 18.0 Å². The molecule has 0 fully saturated rings. The smallest absolute Gasteiger partial charge is 0.265 e. The Balaban J connectivity index is 2.76. The van der Waals surface area contributed by atoms with E-state index in [1.165, 1.54) is 12.3 Å². The molecular formula is C15H22N2O4S. The fourth-order valence-corrected chi connectivity index (χ4v) is 2.62. The van der Waals surface area contributed by atoms with Gasteiger partial charge in [-0.25, -0.2) is 13.1 Å². The molecule has 122 valence electrons. The first kappa shape index (κ1) is 18.3. The van der Waals surface area contributed by atoms with Crippen molar-refractivity contribution >= 4 is 21.7 Å². The van der Waals surface area contributed by atoms with E-state index in [0.717, 1.165) is 0 Å². The summed E-state index contributed by atoms with van der Waals surface area (Å²) in [7, 11) is -3.89. The Bertz CT molecular complexity index is 634. The Kier molecular flexibility index (Phi) is 6.22. The van der Waals surface area contributed by atoms with Crippen LogP contribution in [0.1, 0.15) is 39.8 Å². The third-order valence-electron chi connectivity index (χ3n) is 3.14. The van der Waals surface area contributed by atoms with Crippen LogP contribution in [0.3, 0.4) is 0 Å². The highest BCUT2D eigenvalue weighted by atomic mass is 32.2. The lowest BCUT2D eigenvalue weighted by molar-refractivity contribution is -0.122. The summed E-state index contributed by atoms with van der Waals surface area (Å²) in [6.07, 6.45) is 2.04. The molecule has 0 aliphatic carbocycles. The minimum atomic E-state index is -3.89. The van der Waals surface area contributed by atoms with Crippen LogP contribution in [-0.4, -0.2) is 25.1 Å². The van der Waals surface area contributed by atoms with Crippen LogP contribution in [0.5, 0.6) is 0 Å². The van der Waals surface area contributed by atoms with Crippen LogP contribution in [0.25, 0.3) is 0 Å². The van der Waals surface area contributed by atoms with Crippen molar-refractivity contribution in [2.45, 2.75) is 45.4 Å². The lowest BCUT2D eigenvalue weighted by Gasteiger charge is -2.09. The van der Waals surface area contributed by atoms with Gasteiger partial charge in [-0.15, -0.1) is 0 Å². The van der Waals surface area contributed by atoms with Gasteiger partial charge in [-0.1, -0.05) is 27.7 Å². The van der Waals surface area contributed by atoms with Crippen LogP contribution in [0.2, 0.25) is 0 Å². The van der Waals surface area contributed by atoms with Crippen LogP contribution in [-0.2, 0) is 26.0 Å². The van der Waals surface area contributed by atoms with Crippen LogP contribution in [0, 0.1) is 11.8 Å². The van der Waals surface area contributed by atoms with E-state index < -0.39 is 21.8 Å². The molecule has 0 aliphatic rings. The van der Waals surface area contributed by atoms with Gasteiger partial charge in [0.15, 0.2) is 0 Å². The number of nitrogens with one attached hydrogen (secondary N) is 1. The van der Waals surface area contributed by atoms with E-state index >= 15 is 0 Å². The molecule has 0 spiro atoms. The molecule has 1 aromatic heterocycles. The second-order valence-corrected chi connectivity index (χ2v) is 7.41. The molecule has 0 unspecified atom stereocenters. The van der Waals surface area contributed by atoms with Crippen LogP contribution < -0.4 is 4.72 Å². The van der Waals surface area contributed by atoms with Crippen molar-refractivity contribution in [1.29, 1.82) is 0 Å². The van der Waals surface area contributed by atoms with Gasteiger partial charge in [-0.2, -0.15) is 0 Å². The maximum absolute atomic E-state index is 12.0. The average molecular weight is 326 g/mol. The number of hydrogen-bond acceptors (Lipinski definition) is 5. The number of hydrogen-bond donors (Lipinski definition) is 1. The summed E-state index contributed by atoms with van der Waals surface area (Å²) in [6.45, 7) is 6.89. The Labute approximate surface area is 131 Å². The van der Waals surface area contributed by atoms with E-state index in [-0.39, 0.29) is 16.6 Å². The number of carbonyl (C=O) groups is 2. The first-order valence-corrected chi connectivity index (χ1v) is 8.66. The Morgan fingerprint density at radius 3 is 2.23 bits per heavy atom. The van der Waals surface area contributed by atoms with E-state index in [2.05, 4.69) is 4.98 Å². The van der Waals surface area contributed by atoms with E-state index in [0.29, 0.717) is 18.5 Å². The molecule has 0 aliphatic heterocycles. The second-order valence-electron chi connectivity index (χ2n) is 5.73. The summed E-state index contributed by atoms with van der Waals surface area (Å²) in [5.74, 6) is -0.871. The molecule has 0 radical (unpaired) electrons. The lowest BCUT2D eigenvalue weighted by atomic mass is 10.0. The first-order valence-electron chi connectivity index (χ1n) is 7.17. The zero-order chi connectivity index (χ0) is 16.9. The number of ketones is 1. The van der Waals surface area contributed by atoms with Crippen LogP contribution in [0.4, 0.5) is 0 Å². The number of aromatic nitrogens is 1. The molecule has 7 heteroatoms. The highest BCUT2D eigenvalue weighted by molar-refractivity contribution is 7.90. The van der Waals surface area contributed by atoms with Gasteiger partial charge >= 0.3 is 0 Å². The molecule has 1 rings (SSSR count). The van der Waals surface area contributed by atoms with Crippen LogP contribution >= 0.6 is 0 Å². The minimum absolute atomic E-state index is 0.0223. The number of pyridine rings is 1. The number of aryl methyl sites for hydroxylation is 1. The number of Topliss-reactive ketones (excluding diaryl/α,β-unsaturated/α-hetero) is 1. The van der Waals surface area contributed by atoms with Crippen molar-refractivity contribution in [2.24, 2.45) is 11.8 Å². The van der Waals surface area contributed by atoms with Crippen molar-refractivity contribution in [3.63, 3.8) is 0 Å². The molecule has 1 N–H and O–H groups in total. The minimum Gasteiger partial charge on any atom is -0.299 e. The number of carbonyl (C=O) groups excluding carboxylic acids is 2. The summed E-state index contributed by atoms with van der Waals surface area (Å²) in [6, 6.07) is 2.94. The number of sulfonamides is 1. The molecular weight excluding hydrogens is 304 g/mol. The summed E-state index contributed by atoms with van der Waals surface area (Å²) in [5, 5.41) is 0. The molecule has 0 aromatic carbocycles. The summed E-state index contributed by atoms with van der Waals surface area (Å²) < 4.78 is 26.0. The zero-order valence-corrected chi connectivity index (χ0v) is 14.1. The van der Waals surface area contributed by atoms with Gasteiger partial charge in [0.1, 0.15) is 10.7 Å². The van der Waals surface area contributed by atoms with Gasteiger partial charge in [-0.3, -0.25) is 14.6 Å². The van der Waals surface area contributed by atoms with Gasteiger partial charge in [-0.05, 0) is 18.6 Å². The quantitative estimate of drug-likeness (QED) is 0.823. The number of amides is 1. The first-order chi connectivity index (χ1) is 10.1. The topological polar surface area (TPSA) is 93.2 Å². The zero-order valence-electron chi connectivity index (χ0n) is 13.3. The SMILES string of the molecule is CC(C)C(=O)CCc1ccc(S(=O)(=O)NC(=O)C(C)C)cn1. The molecule has 1 amide bonds. The monoisotopic (exact) mass is 326 g/mol. The van der Waals surface area contributed by atoms with Crippen molar-refractivity contribution in [3.8, 4) is 0 Å². The van der Waals surface area contributed by atoms with Crippen molar-refractivity contribution in [2.75, 3.05) is 0 Å². The van der Waals surface area contributed by atoms with Gasteiger partial charge < -0.3 is 0 Å². The molecule has 1 heterocycles. The Hall–Kier alpha value is -1.76. The number of nitrogens with zero attached hydrogens (tertiary/aromatic N) is 1.